The Hall–Kier alpha value is -3.68. The Morgan fingerprint density at radius 1 is 0.692 bits per heavy atom. The molecule has 228 valence electrons. The molecule has 0 atom stereocenters. The molecule has 0 fully saturated rings. The molecule has 0 saturated heterocycles. The van der Waals surface area contributed by atoms with Crippen LogP contribution in [0.5, 0.6) is 0 Å². The molecule has 0 aromatic rings. The molecule has 14 heteroatoms. The van der Waals surface area contributed by atoms with Crippen molar-refractivity contribution in [1.82, 2.24) is 16.0 Å². The summed E-state index contributed by atoms with van der Waals surface area (Å²) in [6.07, 6.45) is 5.60. The first-order valence-corrected chi connectivity index (χ1v) is 12.3. The maximum absolute atomic E-state index is 11.9. The smallest absolute Gasteiger partial charge is 0.407 e. The van der Waals surface area contributed by atoms with Crippen molar-refractivity contribution in [3.8, 4) is 0 Å². The highest BCUT2D eigenvalue weighted by Crippen LogP contribution is 2.04. The average Bonchev–Trinajstić information content (AvgIpc) is 2.98. The Kier molecular flexibility index (Phi) is 51.4. The van der Waals surface area contributed by atoms with Crippen LogP contribution >= 0.6 is 0 Å². The second kappa shape index (κ2) is 44.3. The van der Waals surface area contributed by atoms with Gasteiger partial charge in [0.1, 0.15) is 52.8 Å². The van der Waals surface area contributed by atoms with Crippen LogP contribution in [0.15, 0.2) is 0 Å². The van der Waals surface area contributed by atoms with Crippen LogP contribution in [0, 0.1) is 0 Å². The molecule has 3 N–H and O–H groups in total. The maximum Gasteiger partial charge on any atom is 0.407 e. The lowest BCUT2D eigenvalue weighted by atomic mass is 10.1. The summed E-state index contributed by atoms with van der Waals surface area (Å²) in [7, 11) is 0. The summed E-state index contributed by atoms with van der Waals surface area (Å²) in [4.78, 5) is 77.0. The molecule has 0 aliphatic carbocycles. The standard InChI is InChI=1S/C21H39N3O7.4CH2O/c1-3-22-20(27)30-16-18(17-31-21(28)23-4-2)29-15-11-12-19(26)24-13-9-7-5-6-8-10-14-25;4*1-2/h14,18H,3-13,15-17H2,1-2H3,(H,22,27)(H,23,28)(H,24,26);4*1H2. The molecule has 0 saturated carbocycles. The summed E-state index contributed by atoms with van der Waals surface area (Å²) in [5.41, 5.74) is 0. The maximum atomic E-state index is 11.9. The van der Waals surface area contributed by atoms with Gasteiger partial charge in [0.15, 0.2) is 0 Å². The third-order valence-electron chi connectivity index (χ3n) is 4.17. The second-order valence-corrected chi connectivity index (χ2v) is 6.93. The van der Waals surface area contributed by atoms with Gasteiger partial charge in [-0.25, -0.2) is 9.59 Å². The van der Waals surface area contributed by atoms with E-state index in [1.54, 1.807) is 13.8 Å². The third kappa shape index (κ3) is 41.7. The minimum atomic E-state index is -0.618. The second-order valence-electron chi connectivity index (χ2n) is 6.93. The first-order chi connectivity index (χ1) is 19.0. The first-order valence-electron chi connectivity index (χ1n) is 12.3. The van der Waals surface area contributed by atoms with Crippen molar-refractivity contribution >= 4 is 51.5 Å². The molecule has 0 aliphatic heterocycles. The number of hydrogen-bond donors (Lipinski definition) is 3. The summed E-state index contributed by atoms with van der Waals surface area (Å²) in [6, 6.07) is 0. The van der Waals surface area contributed by atoms with Gasteiger partial charge in [-0.3, -0.25) is 4.79 Å². The van der Waals surface area contributed by atoms with Gasteiger partial charge in [-0.2, -0.15) is 0 Å². The highest BCUT2D eigenvalue weighted by molar-refractivity contribution is 5.75. The van der Waals surface area contributed by atoms with Crippen LogP contribution in [-0.2, 0) is 43.0 Å². The molecule has 14 nitrogen and oxygen atoms in total. The zero-order chi connectivity index (χ0) is 31.2. The van der Waals surface area contributed by atoms with Crippen LogP contribution < -0.4 is 16.0 Å². The third-order valence-corrected chi connectivity index (χ3v) is 4.17. The predicted octanol–water partition coefficient (Wildman–Crippen LogP) is 1.56. The van der Waals surface area contributed by atoms with Crippen LogP contribution in [0.25, 0.3) is 0 Å². The van der Waals surface area contributed by atoms with Crippen molar-refractivity contribution < 1.29 is 52.6 Å². The van der Waals surface area contributed by atoms with Crippen molar-refractivity contribution in [2.45, 2.75) is 71.3 Å². The number of nitrogens with one attached hydrogen (secondary N) is 3. The van der Waals surface area contributed by atoms with E-state index in [1.165, 1.54) is 0 Å². The molecule has 0 radical (unpaired) electrons. The van der Waals surface area contributed by atoms with E-state index in [-0.39, 0.29) is 25.7 Å². The molecule has 0 aromatic heterocycles. The van der Waals surface area contributed by atoms with E-state index in [2.05, 4.69) is 16.0 Å². The first kappa shape index (κ1) is 45.3. The lowest BCUT2D eigenvalue weighted by Gasteiger charge is -2.18. The molecule has 0 rings (SSSR count). The zero-order valence-electron chi connectivity index (χ0n) is 23.4. The fraction of sp³-hybridized carbons (Fsp3) is 0.680. The van der Waals surface area contributed by atoms with Gasteiger partial charge in [0, 0.05) is 39.1 Å². The number of amides is 3. The van der Waals surface area contributed by atoms with Crippen molar-refractivity contribution in [2.75, 3.05) is 39.5 Å². The fourth-order valence-corrected chi connectivity index (χ4v) is 2.55. The van der Waals surface area contributed by atoms with Crippen LogP contribution in [0.1, 0.15) is 65.2 Å². The minimum Gasteiger partial charge on any atom is -0.447 e. The SMILES string of the molecule is C=O.C=O.C=O.C=O.CCNC(=O)OCC(COC(=O)NCC)OCCCC(=O)NCCCCCCCC=O. The Balaban J connectivity index is -0.000000437. The molecule has 39 heavy (non-hydrogen) atoms. The van der Waals surface area contributed by atoms with E-state index in [9.17, 15) is 19.2 Å². The quantitative estimate of drug-likeness (QED) is 0.152. The van der Waals surface area contributed by atoms with E-state index in [0.717, 1.165) is 38.4 Å². The number of unbranched alkanes of at least 4 members (excludes halogenated alkanes) is 5. The molecule has 0 heterocycles. The van der Waals surface area contributed by atoms with E-state index in [1.807, 2.05) is 27.2 Å². The minimum absolute atomic E-state index is 0.0433. The molecule has 0 aromatic carbocycles. The van der Waals surface area contributed by atoms with Crippen molar-refractivity contribution in [3.05, 3.63) is 0 Å². The number of carbonyl (C=O) groups excluding carboxylic acids is 8. The Morgan fingerprint density at radius 3 is 1.62 bits per heavy atom. The van der Waals surface area contributed by atoms with Gasteiger partial charge in [0.2, 0.25) is 5.91 Å². The molecular formula is C25H47N3O11. The van der Waals surface area contributed by atoms with Gasteiger partial charge in [-0.05, 0) is 33.1 Å². The van der Waals surface area contributed by atoms with Crippen molar-refractivity contribution in [3.63, 3.8) is 0 Å². The molecule has 0 bridgehead atoms. The van der Waals surface area contributed by atoms with Crippen LogP contribution in [0.2, 0.25) is 0 Å². The van der Waals surface area contributed by atoms with E-state index in [0.29, 0.717) is 38.9 Å². The summed E-state index contributed by atoms with van der Waals surface area (Å²) in [5, 5.41) is 7.89. The average molecular weight is 566 g/mol. The highest BCUT2D eigenvalue weighted by Gasteiger charge is 2.15. The van der Waals surface area contributed by atoms with Gasteiger partial charge < -0.3 is 54.1 Å². The van der Waals surface area contributed by atoms with Gasteiger partial charge in [-0.15, -0.1) is 0 Å². The number of alkyl carbamates (subject to hydrolysis) is 2. The lowest BCUT2D eigenvalue weighted by Crippen LogP contribution is -2.34. The monoisotopic (exact) mass is 565 g/mol. The number of rotatable bonds is 19. The van der Waals surface area contributed by atoms with Crippen LogP contribution in [0.3, 0.4) is 0 Å². The highest BCUT2D eigenvalue weighted by atomic mass is 16.6. The van der Waals surface area contributed by atoms with Crippen LogP contribution in [-0.4, -0.2) is 97.1 Å². The predicted molar refractivity (Wildman–Crippen MR) is 144 cm³/mol. The molecule has 0 spiro atoms. The van der Waals surface area contributed by atoms with Crippen LogP contribution in [0.4, 0.5) is 9.59 Å². The molecular weight excluding hydrogens is 518 g/mol. The summed E-state index contributed by atoms with van der Waals surface area (Å²) < 4.78 is 15.7. The number of aldehydes is 1. The zero-order valence-corrected chi connectivity index (χ0v) is 23.4. The Bertz CT molecular complexity index is 539. The molecule has 0 aliphatic rings. The van der Waals surface area contributed by atoms with Crippen molar-refractivity contribution in [1.29, 1.82) is 0 Å². The normalized spacial score (nSPS) is 8.69. The summed E-state index contributed by atoms with van der Waals surface area (Å²) in [5.74, 6) is -0.0433. The Labute approximate surface area is 231 Å². The van der Waals surface area contributed by atoms with E-state index < -0.39 is 18.3 Å². The fourth-order valence-electron chi connectivity index (χ4n) is 2.55. The number of hydrogen-bond acceptors (Lipinski definition) is 11. The largest absolute Gasteiger partial charge is 0.447 e. The van der Waals surface area contributed by atoms with Gasteiger partial charge in [0.25, 0.3) is 0 Å². The van der Waals surface area contributed by atoms with Gasteiger partial charge >= 0.3 is 12.2 Å². The lowest BCUT2D eigenvalue weighted by molar-refractivity contribution is -0.121. The number of ether oxygens (including phenoxy) is 3. The Morgan fingerprint density at radius 2 is 1.15 bits per heavy atom. The van der Waals surface area contributed by atoms with E-state index in [4.69, 9.17) is 33.4 Å². The topological polar surface area (TPSA) is 200 Å². The molecule has 0 unspecified atom stereocenters. The summed E-state index contributed by atoms with van der Waals surface area (Å²) >= 11 is 0. The van der Waals surface area contributed by atoms with E-state index >= 15 is 0 Å². The van der Waals surface area contributed by atoms with Crippen molar-refractivity contribution in [2.24, 2.45) is 0 Å². The van der Waals surface area contributed by atoms with Gasteiger partial charge in [-0.1, -0.05) is 19.3 Å². The van der Waals surface area contributed by atoms with Gasteiger partial charge in [0.05, 0.1) is 0 Å². The number of carbonyl (C=O) groups is 8. The molecule has 3 amide bonds. The summed E-state index contributed by atoms with van der Waals surface area (Å²) in [6.45, 7) is 13.2.